The predicted octanol–water partition coefficient (Wildman–Crippen LogP) is 4.29. The Morgan fingerprint density at radius 2 is 1.61 bits per heavy atom. The Bertz CT molecular complexity index is 1830. The molecular weight excluding hydrogens is 552 g/mol. The summed E-state index contributed by atoms with van der Waals surface area (Å²) in [6.45, 7) is 0.525. The number of β-amino-alcohol motifs (C(OH)–C–C–N with tert-alkyl or cyclic N) is 1. The lowest BCUT2D eigenvalue weighted by Crippen LogP contribution is -2.53. The van der Waals surface area contributed by atoms with Crippen molar-refractivity contribution in [1.82, 2.24) is 19.7 Å². The maximum Gasteiger partial charge on any atom is 0.256 e. The highest BCUT2D eigenvalue weighted by molar-refractivity contribution is 6.09. The molecule has 44 heavy (non-hydrogen) atoms. The number of carbonyl (C=O) groups excluding carboxylic acids is 3. The van der Waals surface area contributed by atoms with Gasteiger partial charge in [-0.1, -0.05) is 91.0 Å². The van der Waals surface area contributed by atoms with E-state index in [4.69, 9.17) is 0 Å². The lowest BCUT2D eigenvalue weighted by Gasteiger charge is -2.29. The smallest absolute Gasteiger partial charge is 0.256 e. The number of aromatic nitrogens is 1. The lowest BCUT2D eigenvalue weighted by molar-refractivity contribution is -0.135. The molecule has 2 N–H and O–H groups in total. The van der Waals surface area contributed by atoms with Gasteiger partial charge in [-0.3, -0.25) is 24.6 Å². The van der Waals surface area contributed by atoms with E-state index in [2.05, 4.69) is 11.4 Å². The van der Waals surface area contributed by atoms with Crippen molar-refractivity contribution < 1.29 is 19.5 Å². The van der Waals surface area contributed by atoms with Crippen molar-refractivity contribution in [2.45, 2.75) is 37.6 Å². The number of aryl methyl sites for hydroxylation is 1. The number of nitrogens with zero attached hydrogens (tertiary/aromatic N) is 3. The standard InChI is InChI=1S/C36H36N4O4/c1-38(21-24-10-4-3-5-11-24)32(19-25-16-17-26-12-6-7-13-27(26)18-25)34(42)37-35(43)33-20-28(41)22-40(33)36(44)30-23-39(2)31-15-9-8-14-29(30)31/h3-18,23,28,32-33,41H,19-22H2,1-2H3,(H,37,42,43)/t28-,32+,33+/m1/s1. The summed E-state index contributed by atoms with van der Waals surface area (Å²) >= 11 is 0. The van der Waals surface area contributed by atoms with Crippen LogP contribution in [0.5, 0.6) is 0 Å². The Labute approximate surface area is 256 Å². The molecule has 2 heterocycles. The fraction of sp³-hybridized carbons (Fsp3) is 0.250. The number of aliphatic hydroxyl groups excluding tert-OH is 1. The Hall–Kier alpha value is -4.79. The highest BCUT2D eigenvalue weighted by atomic mass is 16.3. The molecule has 224 valence electrons. The summed E-state index contributed by atoms with van der Waals surface area (Å²) in [5.74, 6) is -1.38. The molecule has 8 heteroatoms. The summed E-state index contributed by atoms with van der Waals surface area (Å²) in [7, 11) is 3.74. The van der Waals surface area contributed by atoms with Gasteiger partial charge in [0.2, 0.25) is 11.8 Å². The molecule has 0 unspecified atom stereocenters. The first kappa shape index (κ1) is 29.3. The second kappa shape index (κ2) is 12.4. The number of amides is 3. The van der Waals surface area contributed by atoms with Gasteiger partial charge in [0.25, 0.3) is 5.91 Å². The van der Waals surface area contributed by atoms with Gasteiger partial charge in [0.1, 0.15) is 6.04 Å². The zero-order valence-electron chi connectivity index (χ0n) is 24.9. The van der Waals surface area contributed by atoms with Crippen LogP contribution in [-0.4, -0.2) is 69.0 Å². The van der Waals surface area contributed by atoms with Crippen molar-refractivity contribution in [2.24, 2.45) is 7.05 Å². The molecule has 0 saturated carbocycles. The van der Waals surface area contributed by atoms with Gasteiger partial charge < -0.3 is 14.6 Å². The number of imide groups is 1. The van der Waals surface area contributed by atoms with Crippen LogP contribution < -0.4 is 5.32 Å². The fourth-order valence-electron chi connectivity index (χ4n) is 6.26. The SMILES string of the molecule is CN(Cc1ccccc1)[C@@H](Cc1ccc2ccccc2c1)C(=O)NC(=O)[C@@H]1C[C@@H](O)CN1C(=O)c1cn(C)c2ccccc12. The molecule has 1 aliphatic heterocycles. The minimum Gasteiger partial charge on any atom is -0.391 e. The Kier molecular flexibility index (Phi) is 8.28. The number of benzene rings is 4. The number of fused-ring (bicyclic) bond motifs is 2. The fourth-order valence-corrected chi connectivity index (χ4v) is 6.26. The average molecular weight is 589 g/mol. The molecule has 0 spiro atoms. The molecule has 5 aromatic rings. The Morgan fingerprint density at radius 3 is 2.41 bits per heavy atom. The van der Waals surface area contributed by atoms with E-state index in [9.17, 15) is 19.5 Å². The van der Waals surface area contributed by atoms with E-state index in [0.29, 0.717) is 18.5 Å². The van der Waals surface area contributed by atoms with Crippen molar-refractivity contribution in [1.29, 1.82) is 0 Å². The summed E-state index contributed by atoms with van der Waals surface area (Å²) in [5, 5.41) is 16.1. The topological polar surface area (TPSA) is 94.9 Å². The van der Waals surface area contributed by atoms with E-state index in [-0.39, 0.29) is 18.9 Å². The van der Waals surface area contributed by atoms with Crippen LogP contribution in [0.1, 0.15) is 27.9 Å². The summed E-state index contributed by atoms with van der Waals surface area (Å²) in [6.07, 6.45) is 1.33. The second-order valence-electron chi connectivity index (χ2n) is 11.7. The summed E-state index contributed by atoms with van der Waals surface area (Å²) in [5.41, 5.74) is 3.37. The molecule has 3 atom stereocenters. The number of rotatable bonds is 8. The lowest BCUT2D eigenvalue weighted by atomic mass is 10.00. The van der Waals surface area contributed by atoms with Gasteiger partial charge in [0.15, 0.2) is 0 Å². The molecule has 3 amide bonds. The Balaban J connectivity index is 1.24. The number of aliphatic hydroxyl groups is 1. The van der Waals surface area contributed by atoms with Gasteiger partial charge in [-0.25, -0.2) is 0 Å². The number of nitrogens with one attached hydrogen (secondary N) is 1. The third-order valence-corrected chi connectivity index (χ3v) is 8.57. The predicted molar refractivity (Wildman–Crippen MR) is 171 cm³/mol. The van der Waals surface area contributed by atoms with E-state index in [0.717, 1.165) is 32.8 Å². The van der Waals surface area contributed by atoms with E-state index in [1.165, 1.54) is 4.90 Å². The minimum atomic E-state index is -0.971. The number of hydrogen-bond donors (Lipinski definition) is 2. The molecule has 1 aliphatic rings. The second-order valence-corrected chi connectivity index (χ2v) is 11.7. The zero-order valence-corrected chi connectivity index (χ0v) is 24.9. The summed E-state index contributed by atoms with van der Waals surface area (Å²) in [4.78, 5) is 44.6. The third kappa shape index (κ3) is 6.00. The van der Waals surface area contributed by atoms with Gasteiger partial charge in [0, 0.05) is 43.7 Å². The monoisotopic (exact) mass is 588 g/mol. The van der Waals surface area contributed by atoms with Gasteiger partial charge in [-0.05, 0) is 41.4 Å². The van der Waals surface area contributed by atoms with Gasteiger partial charge in [-0.2, -0.15) is 0 Å². The molecule has 0 radical (unpaired) electrons. The largest absolute Gasteiger partial charge is 0.391 e. The highest BCUT2D eigenvalue weighted by Crippen LogP contribution is 2.27. The normalized spacial score (nSPS) is 17.3. The molecule has 4 aromatic carbocycles. The average Bonchev–Trinajstić information content (AvgIpc) is 3.59. The van der Waals surface area contributed by atoms with Crippen molar-refractivity contribution in [3.8, 4) is 0 Å². The number of para-hydroxylation sites is 1. The van der Waals surface area contributed by atoms with Crippen LogP contribution in [0, 0.1) is 0 Å². The number of likely N-dealkylation sites (N-methyl/N-ethyl adjacent to an activating group) is 1. The van der Waals surface area contributed by atoms with Crippen LogP contribution in [0.15, 0.2) is 103 Å². The summed E-state index contributed by atoms with van der Waals surface area (Å²) in [6, 6.07) is 30.0. The van der Waals surface area contributed by atoms with E-state index >= 15 is 0 Å². The first-order chi connectivity index (χ1) is 21.3. The molecule has 1 aromatic heterocycles. The Morgan fingerprint density at radius 1 is 0.909 bits per heavy atom. The van der Waals surface area contributed by atoms with Gasteiger partial charge in [0.05, 0.1) is 17.7 Å². The molecule has 0 aliphatic carbocycles. The molecule has 1 saturated heterocycles. The van der Waals surface area contributed by atoms with Crippen molar-refractivity contribution in [3.63, 3.8) is 0 Å². The van der Waals surface area contributed by atoms with Crippen molar-refractivity contribution in [2.75, 3.05) is 13.6 Å². The number of likely N-dealkylation sites (tertiary alicyclic amines) is 1. The quantitative estimate of drug-likeness (QED) is 0.282. The number of carbonyl (C=O) groups is 3. The van der Waals surface area contributed by atoms with Crippen LogP contribution in [0.2, 0.25) is 0 Å². The molecule has 8 nitrogen and oxygen atoms in total. The van der Waals surface area contributed by atoms with Crippen molar-refractivity contribution in [3.05, 3.63) is 120 Å². The maximum absolute atomic E-state index is 13.9. The third-order valence-electron chi connectivity index (χ3n) is 8.57. The zero-order chi connectivity index (χ0) is 30.8. The molecular formula is C36H36N4O4. The highest BCUT2D eigenvalue weighted by Gasteiger charge is 2.41. The van der Waals surface area contributed by atoms with Crippen LogP contribution in [0.4, 0.5) is 0 Å². The van der Waals surface area contributed by atoms with E-state index < -0.39 is 30.0 Å². The van der Waals surface area contributed by atoms with Crippen LogP contribution in [-0.2, 0) is 29.6 Å². The molecule has 1 fully saturated rings. The molecule has 0 bridgehead atoms. The minimum absolute atomic E-state index is 0.0166. The van der Waals surface area contributed by atoms with E-state index in [1.807, 2.05) is 115 Å². The van der Waals surface area contributed by atoms with Crippen LogP contribution in [0.3, 0.4) is 0 Å². The van der Waals surface area contributed by atoms with Gasteiger partial charge >= 0.3 is 0 Å². The maximum atomic E-state index is 13.9. The first-order valence-electron chi connectivity index (χ1n) is 14.9. The number of hydrogen-bond acceptors (Lipinski definition) is 5. The van der Waals surface area contributed by atoms with Crippen LogP contribution in [0.25, 0.3) is 21.7 Å². The van der Waals surface area contributed by atoms with Gasteiger partial charge in [-0.15, -0.1) is 0 Å². The van der Waals surface area contributed by atoms with Crippen LogP contribution >= 0.6 is 0 Å². The summed E-state index contributed by atoms with van der Waals surface area (Å²) < 4.78 is 1.87. The van der Waals surface area contributed by atoms with E-state index in [1.54, 1.807) is 6.20 Å². The first-order valence-corrected chi connectivity index (χ1v) is 14.9. The van der Waals surface area contributed by atoms with Crippen molar-refractivity contribution >= 4 is 39.4 Å². The molecule has 6 rings (SSSR count).